The highest BCUT2D eigenvalue weighted by molar-refractivity contribution is 5.41. The molecule has 0 aliphatic carbocycles. The van der Waals surface area contributed by atoms with Crippen LogP contribution in [0.4, 0.5) is 5.69 Å². The topological polar surface area (TPSA) is 59.9 Å². The first kappa shape index (κ1) is 11.3. The molecule has 0 aromatic carbocycles. The van der Waals surface area contributed by atoms with Crippen molar-refractivity contribution in [2.45, 2.75) is 13.5 Å². The minimum absolute atomic E-state index is 0.580. The van der Waals surface area contributed by atoms with E-state index < -0.39 is 0 Å². The molecule has 88 valence electrons. The van der Waals surface area contributed by atoms with Crippen molar-refractivity contribution in [1.29, 1.82) is 0 Å². The van der Waals surface area contributed by atoms with E-state index in [0.29, 0.717) is 19.0 Å². The van der Waals surface area contributed by atoms with Crippen LogP contribution in [0.3, 0.4) is 0 Å². The molecule has 17 heavy (non-hydrogen) atoms. The molecular formula is C12H14N4O. The monoisotopic (exact) mass is 230 g/mol. The Morgan fingerprint density at radius 3 is 2.65 bits per heavy atom. The van der Waals surface area contributed by atoms with Crippen molar-refractivity contribution in [2.75, 3.05) is 11.9 Å². The second kappa shape index (κ2) is 5.79. The quantitative estimate of drug-likeness (QED) is 0.849. The van der Waals surface area contributed by atoms with Gasteiger partial charge in [-0.3, -0.25) is 0 Å². The van der Waals surface area contributed by atoms with E-state index in [1.54, 1.807) is 24.7 Å². The zero-order chi connectivity index (χ0) is 11.9. The summed E-state index contributed by atoms with van der Waals surface area (Å²) in [5.74, 6) is 1.38. The van der Waals surface area contributed by atoms with Gasteiger partial charge in [0.2, 0.25) is 5.88 Å². The maximum Gasteiger partial charge on any atom is 0.213 e. The molecule has 5 heteroatoms. The molecule has 0 saturated carbocycles. The van der Waals surface area contributed by atoms with Crippen molar-refractivity contribution in [3.63, 3.8) is 0 Å². The minimum Gasteiger partial charge on any atom is -0.478 e. The third-order valence-corrected chi connectivity index (χ3v) is 2.10. The van der Waals surface area contributed by atoms with Gasteiger partial charge in [-0.05, 0) is 19.1 Å². The van der Waals surface area contributed by atoms with Gasteiger partial charge in [-0.25, -0.2) is 15.0 Å². The largest absolute Gasteiger partial charge is 0.478 e. The van der Waals surface area contributed by atoms with Crippen LogP contribution >= 0.6 is 0 Å². The highest BCUT2D eigenvalue weighted by Crippen LogP contribution is 2.11. The maximum absolute atomic E-state index is 5.26. The molecule has 2 aromatic rings. The summed E-state index contributed by atoms with van der Waals surface area (Å²) in [6.45, 7) is 3.13. The van der Waals surface area contributed by atoms with Crippen LogP contribution in [-0.2, 0) is 6.54 Å². The summed E-state index contributed by atoms with van der Waals surface area (Å²) in [6.07, 6.45) is 5.18. The summed E-state index contributed by atoms with van der Waals surface area (Å²) in [5.41, 5.74) is 0.918. The normalized spacial score (nSPS) is 9.94. The molecule has 0 radical (unpaired) electrons. The van der Waals surface area contributed by atoms with Crippen molar-refractivity contribution >= 4 is 5.69 Å². The van der Waals surface area contributed by atoms with Gasteiger partial charge in [0.05, 0.1) is 25.0 Å². The number of ether oxygens (including phenoxy) is 1. The lowest BCUT2D eigenvalue weighted by molar-refractivity contribution is 0.327. The van der Waals surface area contributed by atoms with Crippen molar-refractivity contribution < 1.29 is 4.74 Å². The fourth-order valence-corrected chi connectivity index (χ4v) is 1.32. The Labute approximate surface area is 99.9 Å². The zero-order valence-electron chi connectivity index (χ0n) is 9.63. The molecule has 1 N–H and O–H groups in total. The molecule has 5 nitrogen and oxygen atoms in total. The molecule has 0 aliphatic rings. The van der Waals surface area contributed by atoms with E-state index in [9.17, 15) is 0 Å². The van der Waals surface area contributed by atoms with Crippen molar-refractivity contribution in [3.05, 3.63) is 42.6 Å². The summed E-state index contributed by atoms with van der Waals surface area (Å²) in [4.78, 5) is 12.4. The molecule has 0 unspecified atom stereocenters. The van der Waals surface area contributed by atoms with Crippen LogP contribution in [-0.4, -0.2) is 21.6 Å². The Bertz CT molecular complexity index is 444. The first-order valence-electron chi connectivity index (χ1n) is 5.47. The average molecular weight is 230 g/mol. The fraction of sp³-hybridized carbons (Fsp3) is 0.250. The summed E-state index contributed by atoms with van der Waals surface area (Å²) < 4.78 is 5.26. The highest BCUT2D eigenvalue weighted by atomic mass is 16.5. The van der Waals surface area contributed by atoms with E-state index in [1.165, 1.54) is 0 Å². The van der Waals surface area contributed by atoms with Crippen LogP contribution in [0.5, 0.6) is 5.88 Å². The predicted octanol–water partition coefficient (Wildman–Crippen LogP) is 1.88. The smallest absolute Gasteiger partial charge is 0.213 e. The van der Waals surface area contributed by atoms with Crippen LogP contribution in [0.1, 0.15) is 12.7 Å². The second-order valence-electron chi connectivity index (χ2n) is 3.34. The molecule has 0 aliphatic heterocycles. The number of anilines is 1. The number of hydrogen-bond donors (Lipinski definition) is 1. The van der Waals surface area contributed by atoms with E-state index in [-0.39, 0.29) is 0 Å². The van der Waals surface area contributed by atoms with Gasteiger partial charge in [-0.2, -0.15) is 0 Å². The lowest BCUT2D eigenvalue weighted by Gasteiger charge is -2.06. The van der Waals surface area contributed by atoms with Gasteiger partial charge in [0.15, 0.2) is 0 Å². The SMILES string of the molecule is CCOc1ccc(NCc2ncccn2)cn1. The number of hydrogen-bond acceptors (Lipinski definition) is 5. The van der Waals surface area contributed by atoms with Gasteiger partial charge in [0.25, 0.3) is 0 Å². The summed E-state index contributed by atoms with van der Waals surface area (Å²) in [7, 11) is 0. The van der Waals surface area contributed by atoms with E-state index in [2.05, 4.69) is 20.3 Å². The predicted molar refractivity (Wildman–Crippen MR) is 64.8 cm³/mol. The third kappa shape index (κ3) is 3.41. The van der Waals surface area contributed by atoms with Crippen LogP contribution in [0.15, 0.2) is 36.8 Å². The van der Waals surface area contributed by atoms with E-state index in [0.717, 1.165) is 11.5 Å². The summed E-state index contributed by atoms with van der Waals surface area (Å²) in [5, 5.41) is 3.19. The Kier molecular flexibility index (Phi) is 3.85. The number of nitrogens with one attached hydrogen (secondary N) is 1. The maximum atomic E-state index is 5.26. The van der Waals surface area contributed by atoms with Crippen LogP contribution in [0, 0.1) is 0 Å². The van der Waals surface area contributed by atoms with Gasteiger partial charge in [-0.15, -0.1) is 0 Å². The number of pyridine rings is 1. The van der Waals surface area contributed by atoms with Crippen LogP contribution in [0.25, 0.3) is 0 Å². The van der Waals surface area contributed by atoms with Gasteiger partial charge < -0.3 is 10.1 Å². The molecule has 0 atom stereocenters. The van der Waals surface area contributed by atoms with Crippen molar-refractivity contribution in [3.8, 4) is 5.88 Å². The fourth-order valence-electron chi connectivity index (χ4n) is 1.32. The molecular weight excluding hydrogens is 216 g/mol. The van der Waals surface area contributed by atoms with Gasteiger partial charge in [-0.1, -0.05) is 0 Å². The summed E-state index contributed by atoms with van der Waals surface area (Å²) >= 11 is 0. The van der Waals surface area contributed by atoms with Gasteiger partial charge in [0.1, 0.15) is 5.82 Å². The molecule has 2 aromatic heterocycles. The van der Waals surface area contributed by atoms with Crippen LogP contribution in [0.2, 0.25) is 0 Å². The Morgan fingerprint density at radius 1 is 1.18 bits per heavy atom. The van der Waals surface area contributed by atoms with E-state index in [1.807, 2.05) is 19.1 Å². The van der Waals surface area contributed by atoms with Gasteiger partial charge in [0, 0.05) is 18.5 Å². The Morgan fingerprint density at radius 2 is 2.00 bits per heavy atom. The second-order valence-corrected chi connectivity index (χ2v) is 3.34. The van der Waals surface area contributed by atoms with Crippen LogP contribution < -0.4 is 10.1 Å². The van der Waals surface area contributed by atoms with Gasteiger partial charge >= 0.3 is 0 Å². The van der Waals surface area contributed by atoms with E-state index in [4.69, 9.17) is 4.74 Å². The standard InChI is InChI=1S/C12H14N4O/c1-2-17-12-5-4-10(8-16-12)15-9-11-13-6-3-7-14-11/h3-8,15H,2,9H2,1H3. The molecule has 2 heterocycles. The Balaban J connectivity index is 1.91. The molecule has 0 saturated heterocycles. The zero-order valence-corrected chi connectivity index (χ0v) is 9.63. The summed E-state index contributed by atoms with van der Waals surface area (Å²) in [6, 6.07) is 5.54. The molecule has 2 rings (SSSR count). The minimum atomic E-state index is 0.580. The molecule has 0 fully saturated rings. The van der Waals surface area contributed by atoms with Crippen molar-refractivity contribution in [1.82, 2.24) is 15.0 Å². The Hall–Kier alpha value is -2.17. The highest BCUT2D eigenvalue weighted by Gasteiger charge is 1.97. The lowest BCUT2D eigenvalue weighted by Crippen LogP contribution is -2.04. The first-order chi connectivity index (χ1) is 8.38. The first-order valence-corrected chi connectivity index (χ1v) is 5.47. The molecule has 0 amide bonds. The number of aromatic nitrogens is 3. The number of rotatable bonds is 5. The number of nitrogens with zero attached hydrogens (tertiary/aromatic N) is 3. The van der Waals surface area contributed by atoms with Crippen molar-refractivity contribution in [2.24, 2.45) is 0 Å². The lowest BCUT2D eigenvalue weighted by atomic mass is 10.4. The van der Waals surface area contributed by atoms with E-state index >= 15 is 0 Å². The average Bonchev–Trinajstić information content (AvgIpc) is 2.40. The molecule has 0 spiro atoms. The third-order valence-electron chi connectivity index (χ3n) is 2.10. The molecule has 0 bridgehead atoms.